The van der Waals surface area contributed by atoms with Gasteiger partial charge in [-0.05, 0) is 44.6 Å². The topological polar surface area (TPSA) is 47.6 Å². The number of halogens is 1. The molecule has 1 aliphatic carbocycles. The molecule has 0 radical (unpaired) electrons. The van der Waals surface area contributed by atoms with Crippen molar-refractivity contribution in [3.8, 4) is 0 Å². The number of hydrogen-bond acceptors (Lipinski definition) is 3. The van der Waals surface area contributed by atoms with Crippen molar-refractivity contribution in [2.75, 3.05) is 46.8 Å². The minimum atomic E-state index is -0.215. The van der Waals surface area contributed by atoms with Gasteiger partial charge < -0.3 is 15.5 Å². The van der Waals surface area contributed by atoms with E-state index in [-0.39, 0.29) is 17.3 Å². The van der Waals surface area contributed by atoms with Gasteiger partial charge in [-0.1, -0.05) is 12.1 Å². The van der Waals surface area contributed by atoms with Gasteiger partial charge in [-0.2, -0.15) is 0 Å². The molecule has 1 aromatic rings. The minimum Gasteiger partial charge on any atom is -0.337 e. The molecule has 2 N–H and O–H groups in total. The second-order valence-electron chi connectivity index (χ2n) is 7.25. The summed E-state index contributed by atoms with van der Waals surface area (Å²) < 4.78 is 13.4. The zero-order chi connectivity index (χ0) is 17.2. The van der Waals surface area contributed by atoms with Crippen LogP contribution in [0.2, 0.25) is 0 Å². The van der Waals surface area contributed by atoms with E-state index in [2.05, 4.69) is 34.5 Å². The summed E-state index contributed by atoms with van der Waals surface area (Å²) in [5.74, 6) is -0.215. The van der Waals surface area contributed by atoms with Gasteiger partial charge in [-0.3, -0.25) is 4.90 Å². The number of piperazine rings is 1. The zero-order valence-electron chi connectivity index (χ0n) is 14.5. The standard InChI is InChI=1S/C18H27FN4O/c1-22-8-9-23(2)16(12-22)11-20-17(24)21-13-18(6-7-18)14-4-3-5-15(19)10-14/h3-5,10,16H,6-9,11-13H2,1-2H3,(H2,20,21,24)/t16-/m0/s1. The lowest BCUT2D eigenvalue weighted by Gasteiger charge is -2.37. The van der Waals surface area contributed by atoms with Crippen LogP contribution in [0.4, 0.5) is 9.18 Å². The van der Waals surface area contributed by atoms with Crippen LogP contribution in [0.15, 0.2) is 24.3 Å². The highest BCUT2D eigenvalue weighted by Crippen LogP contribution is 2.47. The molecule has 1 saturated heterocycles. The first-order valence-corrected chi connectivity index (χ1v) is 8.65. The summed E-state index contributed by atoms with van der Waals surface area (Å²) in [6, 6.07) is 6.92. The highest BCUT2D eigenvalue weighted by molar-refractivity contribution is 5.74. The molecule has 0 unspecified atom stereocenters. The second kappa shape index (κ2) is 7.07. The fourth-order valence-corrected chi connectivity index (χ4v) is 3.38. The number of hydrogen-bond donors (Lipinski definition) is 2. The van der Waals surface area contributed by atoms with Crippen molar-refractivity contribution < 1.29 is 9.18 Å². The maximum Gasteiger partial charge on any atom is 0.314 e. The van der Waals surface area contributed by atoms with Crippen molar-refractivity contribution in [3.63, 3.8) is 0 Å². The number of amides is 2. The lowest BCUT2D eigenvalue weighted by atomic mass is 9.96. The number of carbonyl (C=O) groups is 1. The highest BCUT2D eigenvalue weighted by atomic mass is 19.1. The SMILES string of the molecule is CN1CCN(C)[C@@H](CNC(=O)NCC2(c3cccc(F)c3)CC2)C1. The lowest BCUT2D eigenvalue weighted by molar-refractivity contribution is 0.114. The predicted molar refractivity (Wildman–Crippen MR) is 92.6 cm³/mol. The fourth-order valence-electron chi connectivity index (χ4n) is 3.38. The Balaban J connectivity index is 1.46. The Morgan fingerprint density at radius 2 is 2.08 bits per heavy atom. The summed E-state index contributed by atoms with van der Waals surface area (Å²) in [6.45, 7) is 4.24. The molecular weight excluding hydrogens is 307 g/mol. The maximum atomic E-state index is 13.4. The van der Waals surface area contributed by atoms with E-state index in [0.717, 1.165) is 38.0 Å². The summed E-state index contributed by atoms with van der Waals surface area (Å²) >= 11 is 0. The first-order valence-electron chi connectivity index (χ1n) is 8.65. The summed E-state index contributed by atoms with van der Waals surface area (Å²) in [5.41, 5.74) is 0.901. The molecule has 2 amide bonds. The smallest absolute Gasteiger partial charge is 0.314 e. The molecule has 1 heterocycles. The normalized spacial score (nSPS) is 23.7. The molecule has 0 bridgehead atoms. The van der Waals surface area contributed by atoms with E-state index >= 15 is 0 Å². The monoisotopic (exact) mass is 334 g/mol. The molecule has 24 heavy (non-hydrogen) atoms. The Bertz CT molecular complexity index is 590. The quantitative estimate of drug-likeness (QED) is 0.856. The number of nitrogens with zero attached hydrogens (tertiary/aromatic N) is 2. The van der Waals surface area contributed by atoms with E-state index in [1.807, 2.05) is 6.07 Å². The van der Waals surface area contributed by atoms with Crippen LogP contribution < -0.4 is 10.6 Å². The van der Waals surface area contributed by atoms with Gasteiger partial charge in [0.25, 0.3) is 0 Å². The van der Waals surface area contributed by atoms with Crippen LogP contribution in [-0.4, -0.2) is 68.7 Å². The zero-order valence-corrected chi connectivity index (χ0v) is 14.5. The van der Waals surface area contributed by atoms with Gasteiger partial charge in [-0.15, -0.1) is 0 Å². The molecule has 1 aromatic carbocycles. The van der Waals surface area contributed by atoms with Gasteiger partial charge in [0.2, 0.25) is 0 Å². The van der Waals surface area contributed by atoms with Crippen LogP contribution in [0.3, 0.4) is 0 Å². The summed E-state index contributed by atoms with van der Waals surface area (Å²) in [4.78, 5) is 16.7. The first kappa shape index (κ1) is 17.2. The van der Waals surface area contributed by atoms with E-state index in [1.54, 1.807) is 12.1 Å². The van der Waals surface area contributed by atoms with Gasteiger partial charge in [0, 0.05) is 44.2 Å². The molecule has 2 fully saturated rings. The van der Waals surface area contributed by atoms with E-state index < -0.39 is 0 Å². The van der Waals surface area contributed by atoms with Gasteiger partial charge in [-0.25, -0.2) is 9.18 Å². The first-order chi connectivity index (χ1) is 11.5. The molecule has 132 valence electrons. The fraction of sp³-hybridized carbons (Fsp3) is 0.611. The number of rotatable bonds is 5. The highest BCUT2D eigenvalue weighted by Gasteiger charge is 2.44. The number of likely N-dealkylation sites (N-methyl/N-ethyl adjacent to an activating group) is 2. The molecule has 5 nitrogen and oxygen atoms in total. The number of carbonyl (C=O) groups excluding carboxylic acids is 1. The summed E-state index contributed by atoms with van der Waals surface area (Å²) in [5, 5.41) is 5.94. The number of benzene rings is 1. The Morgan fingerprint density at radius 1 is 1.29 bits per heavy atom. The Morgan fingerprint density at radius 3 is 2.79 bits per heavy atom. The lowest BCUT2D eigenvalue weighted by Crippen LogP contribution is -2.55. The van der Waals surface area contributed by atoms with Gasteiger partial charge >= 0.3 is 6.03 Å². The van der Waals surface area contributed by atoms with E-state index in [9.17, 15) is 9.18 Å². The van der Waals surface area contributed by atoms with Crippen molar-refractivity contribution in [1.82, 2.24) is 20.4 Å². The molecule has 1 atom stereocenters. The van der Waals surface area contributed by atoms with Gasteiger partial charge in [0.15, 0.2) is 0 Å². The van der Waals surface area contributed by atoms with Crippen LogP contribution >= 0.6 is 0 Å². The summed E-state index contributed by atoms with van der Waals surface area (Å²) in [7, 11) is 4.20. The van der Waals surface area contributed by atoms with E-state index in [0.29, 0.717) is 19.1 Å². The third-order valence-electron chi connectivity index (χ3n) is 5.36. The van der Waals surface area contributed by atoms with Gasteiger partial charge in [0.1, 0.15) is 5.82 Å². The van der Waals surface area contributed by atoms with Gasteiger partial charge in [0.05, 0.1) is 0 Å². The predicted octanol–water partition coefficient (Wildman–Crippen LogP) is 1.40. The minimum absolute atomic E-state index is 0.0821. The van der Waals surface area contributed by atoms with Crippen molar-refractivity contribution in [3.05, 3.63) is 35.6 Å². The molecule has 3 rings (SSSR count). The molecule has 6 heteroatoms. The Labute approximate surface area is 143 Å². The Kier molecular flexibility index (Phi) is 5.06. The molecule has 0 aromatic heterocycles. The van der Waals surface area contributed by atoms with Crippen LogP contribution in [0.5, 0.6) is 0 Å². The molecule has 1 aliphatic heterocycles. The second-order valence-corrected chi connectivity index (χ2v) is 7.25. The van der Waals surface area contributed by atoms with Crippen molar-refractivity contribution in [2.45, 2.75) is 24.3 Å². The molecular formula is C18H27FN4O. The van der Waals surface area contributed by atoms with Crippen LogP contribution in [-0.2, 0) is 5.41 Å². The average Bonchev–Trinajstić information content (AvgIpc) is 3.35. The largest absolute Gasteiger partial charge is 0.337 e. The third-order valence-corrected chi connectivity index (χ3v) is 5.36. The average molecular weight is 334 g/mol. The van der Waals surface area contributed by atoms with E-state index in [1.165, 1.54) is 6.07 Å². The maximum absolute atomic E-state index is 13.4. The van der Waals surface area contributed by atoms with Crippen molar-refractivity contribution >= 4 is 6.03 Å². The van der Waals surface area contributed by atoms with Crippen LogP contribution in [0.1, 0.15) is 18.4 Å². The number of nitrogens with one attached hydrogen (secondary N) is 2. The Hall–Kier alpha value is -1.66. The summed E-state index contributed by atoms with van der Waals surface area (Å²) in [6.07, 6.45) is 1.99. The molecule has 2 aliphatic rings. The van der Waals surface area contributed by atoms with Crippen molar-refractivity contribution in [2.24, 2.45) is 0 Å². The van der Waals surface area contributed by atoms with E-state index in [4.69, 9.17) is 0 Å². The van der Waals surface area contributed by atoms with Crippen LogP contribution in [0.25, 0.3) is 0 Å². The van der Waals surface area contributed by atoms with Crippen LogP contribution in [0, 0.1) is 5.82 Å². The third kappa shape index (κ3) is 4.05. The number of urea groups is 1. The van der Waals surface area contributed by atoms with Crippen molar-refractivity contribution in [1.29, 1.82) is 0 Å². The molecule has 0 spiro atoms. The molecule has 1 saturated carbocycles.